The number of hydrogen-bond acceptors (Lipinski definition) is 3. The van der Waals surface area contributed by atoms with Gasteiger partial charge in [-0.05, 0) is 49.4 Å². The van der Waals surface area contributed by atoms with Crippen molar-refractivity contribution in [3.8, 4) is 5.75 Å². The van der Waals surface area contributed by atoms with Crippen molar-refractivity contribution in [2.75, 3.05) is 20.8 Å². The van der Waals surface area contributed by atoms with Gasteiger partial charge < -0.3 is 14.8 Å². The molecule has 1 aromatic carbocycles. The molecule has 0 amide bonds. The average Bonchev–Trinajstić information content (AvgIpc) is 3.28. The van der Waals surface area contributed by atoms with Gasteiger partial charge in [-0.1, -0.05) is 13.0 Å². The van der Waals surface area contributed by atoms with Crippen LogP contribution in [0, 0.1) is 11.7 Å². The molecule has 2 unspecified atom stereocenters. The second kappa shape index (κ2) is 7.04. The molecule has 1 N–H and O–H groups in total. The van der Waals surface area contributed by atoms with Crippen molar-refractivity contribution in [1.29, 1.82) is 0 Å². The summed E-state index contributed by atoms with van der Waals surface area (Å²) in [5.74, 6) is 0.543. The number of halogens is 1. The number of ether oxygens (including phenoxy) is 2. The van der Waals surface area contributed by atoms with Crippen LogP contribution in [-0.4, -0.2) is 26.9 Å². The Morgan fingerprint density at radius 1 is 1.35 bits per heavy atom. The van der Waals surface area contributed by atoms with E-state index in [1.807, 2.05) is 6.07 Å². The highest BCUT2D eigenvalue weighted by Crippen LogP contribution is 2.40. The van der Waals surface area contributed by atoms with Gasteiger partial charge in [-0.3, -0.25) is 0 Å². The van der Waals surface area contributed by atoms with E-state index >= 15 is 0 Å². The molecule has 1 aliphatic carbocycles. The van der Waals surface area contributed by atoms with Gasteiger partial charge in [0, 0.05) is 7.11 Å². The molecule has 0 heterocycles. The van der Waals surface area contributed by atoms with Crippen molar-refractivity contribution in [2.24, 2.45) is 5.92 Å². The Balaban J connectivity index is 2.22. The first-order valence-electron chi connectivity index (χ1n) is 7.30. The normalized spacial score (nSPS) is 17.8. The standard InChI is InChI=1S/C16H24FNO2/c1-4-9-18-15(16(20-3)11-5-6-11)12-7-8-14(19-2)13(17)10-12/h7-8,10-11,15-16,18H,4-6,9H2,1-3H3. The number of rotatable bonds is 8. The van der Waals surface area contributed by atoms with Gasteiger partial charge in [0.25, 0.3) is 0 Å². The molecule has 1 aliphatic rings. The van der Waals surface area contributed by atoms with Gasteiger partial charge >= 0.3 is 0 Å². The van der Waals surface area contributed by atoms with Crippen molar-refractivity contribution in [3.05, 3.63) is 29.6 Å². The zero-order valence-corrected chi connectivity index (χ0v) is 12.5. The van der Waals surface area contributed by atoms with Crippen LogP contribution in [0.4, 0.5) is 4.39 Å². The monoisotopic (exact) mass is 281 g/mol. The third-order valence-electron chi connectivity index (χ3n) is 3.84. The smallest absolute Gasteiger partial charge is 0.165 e. The molecule has 1 aromatic rings. The Bertz CT molecular complexity index is 434. The Hall–Kier alpha value is -1.13. The summed E-state index contributed by atoms with van der Waals surface area (Å²) in [7, 11) is 3.22. The zero-order valence-electron chi connectivity index (χ0n) is 12.5. The van der Waals surface area contributed by atoms with Gasteiger partial charge in [0.15, 0.2) is 11.6 Å². The maximum absolute atomic E-state index is 13.9. The zero-order chi connectivity index (χ0) is 14.5. The minimum Gasteiger partial charge on any atom is -0.494 e. The third kappa shape index (κ3) is 3.49. The van der Waals surface area contributed by atoms with E-state index in [1.54, 1.807) is 19.2 Å². The van der Waals surface area contributed by atoms with Crippen LogP contribution < -0.4 is 10.1 Å². The second-order valence-corrected chi connectivity index (χ2v) is 5.36. The molecule has 0 aromatic heterocycles. The molecule has 0 spiro atoms. The largest absolute Gasteiger partial charge is 0.494 e. The lowest BCUT2D eigenvalue weighted by Gasteiger charge is -2.28. The van der Waals surface area contributed by atoms with Crippen molar-refractivity contribution >= 4 is 0 Å². The van der Waals surface area contributed by atoms with Crippen molar-refractivity contribution < 1.29 is 13.9 Å². The molecule has 3 nitrogen and oxygen atoms in total. The van der Waals surface area contributed by atoms with Gasteiger partial charge in [-0.25, -0.2) is 4.39 Å². The van der Waals surface area contributed by atoms with Crippen LogP contribution >= 0.6 is 0 Å². The Kier molecular flexibility index (Phi) is 5.38. The molecule has 1 saturated carbocycles. The van der Waals surface area contributed by atoms with Gasteiger partial charge in [-0.15, -0.1) is 0 Å². The molecule has 0 bridgehead atoms. The lowest BCUT2D eigenvalue weighted by molar-refractivity contribution is 0.0506. The Morgan fingerprint density at radius 3 is 2.60 bits per heavy atom. The highest BCUT2D eigenvalue weighted by atomic mass is 19.1. The maximum atomic E-state index is 13.9. The fourth-order valence-corrected chi connectivity index (χ4v) is 2.63. The summed E-state index contributed by atoms with van der Waals surface area (Å²) in [6, 6.07) is 5.20. The van der Waals surface area contributed by atoms with Crippen LogP contribution in [0.3, 0.4) is 0 Å². The predicted octanol–water partition coefficient (Wildman–Crippen LogP) is 3.30. The maximum Gasteiger partial charge on any atom is 0.165 e. The summed E-state index contributed by atoms with van der Waals surface area (Å²) in [5.41, 5.74) is 0.926. The number of hydrogen-bond donors (Lipinski definition) is 1. The van der Waals surface area contributed by atoms with Crippen molar-refractivity contribution in [3.63, 3.8) is 0 Å². The van der Waals surface area contributed by atoms with Gasteiger partial charge in [0.1, 0.15) is 0 Å². The molecule has 4 heteroatoms. The number of nitrogens with one attached hydrogen (secondary N) is 1. The minimum absolute atomic E-state index is 0.0351. The molecule has 20 heavy (non-hydrogen) atoms. The fourth-order valence-electron chi connectivity index (χ4n) is 2.63. The quantitative estimate of drug-likeness (QED) is 0.793. The first kappa shape index (κ1) is 15.3. The topological polar surface area (TPSA) is 30.5 Å². The average molecular weight is 281 g/mol. The van der Waals surface area contributed by atoms with Crippen molar-refractivity contribution in [2.45, 2.75) is 38.3 Å². The van der Waals surface area contributed by atoms with E-state index in [0.29, 0.717) is 5.92 Å². The fraction of sp³-hybridized carbons (Fsp3) is 0.625. The van der Waals surface area contributed by atoms with Gasteiger partial charge in [-0.2, -0.15) is 0 Å². The second-order valence-electron chi connectivity index (χ2n) is 5.36. The lowest BCUT2D eigenvalue weighted by atomic mass is 9.97. The third-order valence-corrected chi connectivity index (χ3v) is 3.84. The van der Waals surface area contributed by atoms with E-state index in [9.17, 15) is 4.39 Å². The van der Waals surface area contributed by atoms with E-state index in [4.69, 9.17) is 9.47 Å². The number of methoxy groups -OCH3 is 2. The molecular formula is C16H24FNO2. The van der Waals surface area contributed by atoms with E-state index in [1.165, 1.54) is 20.0 Å². The first-order valence-corrected chi connectivity index (χ1v) is 7.30. The molecule has 2 rings (SSSR count). The van der Waals surface area contributed by atoms with E-state index in [2.05, 4.69) is 12.2 Å². The van der Waals surface area contributed by atoms with Gasteiger partial charge in [0.2, 0.25) is 0 Å². The number of benzene rings is 1. The molecule has 0 saturated heterocycles. The molecule has 2 atom stereocenters. The van der Waals surface area contributed by atoms with Gasteiger partial charge in [0.05, 0.1) is 19.3 Å². The Morgan fingerprint density at radius 2 is 2.10 bits per heavy atom. The summed E-state index contributed by atoms with van der Waals surface area (Å²) in [6.45, 7) is 3.02. The lowest BCUT2D eigenvalue weighted by Crippen LogP contribution is -2.35. The minimum atomic E-state index is -0.320. The highest BCUT2D eigenvalue weighted by molar-refractivity contribution is 5.32. The highest BCUT2D eigenvalue weighted by Gasteiger charge is 2.37. The van der Waals surface area contributed by atoms with Crippen LogP contribution in [0.2, 0.25) is 0 Å². The Labute approximate surface area is 120 Å². The first-order chi connectivity index (χ1) is 9.71. The summed E-state index contributed by atoms with van der Waals surface area (Å²) in [6.07, 6.45) is 3.54. The molecule has 0 aliphatic heterocycles. The van der Waals surface area contributed by atoms with Crippen LogP contribution in [0.15, 0.2) is 18.2 Å². The summed E-state index contributed by atoms with van der Waals surface area (Å²) >= 11 is 0. The van der Waals surface area contributed by atoms with E-state index in [0.717, 1.165) is 18.5 Å². The van der Waals surface area contributed by atoms with Crippen LogP contribution in [0.1, 0.15) is 37.8 Å². The molecule has 1 fully saturated rings. The van der Waals surface area contributed by atoms with Crippen LogP contribution in [0.25, 0.3) is 0 Å². The predicted molar refractivity (Wildman–Crippen MR) is 77.5 cm³/mol. The molecular weight excluding hydrogens is 257 g/mol. The van der Waals surface area contributed by atoms with E-state index < -0.39 is 0 Å². The summed E-state index contributed by atoms with van der Waals surface area (Å²) in [4.78, 5) is 0. The summed E-state index contributed by atoms with van der Waals surface area (Å²) < 4.78 is 24.6. The molecule has 0 radical (unpaired) electrons. The SMILES string of the molecule is CCCNC(c1ccc(OC)c(F)c1)C(OC)C1CC1. The molecule has 112 valence electrons. The van der Waals surface area contributed by atoms with Crippen LogP contribution in [0.5, 0.6) is 5.75 Å². The summed E-state index contributed by atoms with van der Waals surface area (Å²) in [5, 5.41) is 3.49. The van der Waals surface area contributed by atoms with Crippen molar-refractivity contribution in [1.82, 2.24) is 5.32 Å². The van der Waals surface area contributed by atoms with Crippen LogP contribution in [-0.2, 0) is 4.74 Å². The van der Waals surface area contributed by atoms with E-state index in [-0.39, 0.29) is 23.7 Å².